The molecule has 5 nitrogen and oxygen atoms in total. The normalized spacial score (nSPS) is 10.0. The van der Waals surface area contributed by atoms with Crippen LogP contribution in [0, 0.1) is 0 Å². The number of nitrogens with one attached hydrogen (secondary N) is 1. The van der Waals surface area contributed by atoms with Gasteiger partial charge in [0.25, 0.3) is 5.91 Å². The van der Waals surface area contributed by atoms with Crippen molar-refractivity contribution in [3.8, 4) is 11.5 Å². The van der Waals surface area contributed by atoms with Crippen LogP contribution >= 0.6 is 0 Å². The molecule has 2 rings (SSSR count). The highest BCUT2D eigenvalue weighted by Crippen LogP contribution is 2.24. The number of methoxy groups -OCH3 is 2. The van der Waals surface area contributed by atoms with Crippen molar-refractivity contribution in [1.82, 2.24) is 5.32 Å². The van der Waals surface area contributed by atoms with E-state index in [4.69, 9.17) is 15.2 Å². The number of hydrogen-bond donors (Lipinski definition) is 2. The molecule has 0 aliphatic rings. The highest BCUT2D eigenvalue weighted by molar-refractivity contribution is 5.94. The summed E-state index contributed by atoms with van der Waals surface area (Å²) in [6, 6.07) is 12.2. The summed E-state index contributed by atoms with van der Waals surface area (Å²) in [5.41, 5.74) is 7.67. The summed E-state index contributed by atoms with van der Waals surface area (Å²) in [6.45, 7) is 0.371. The highest BCUT2D eigenvalue weighted by atomic mass is 16.5. The molecule has 0 saturated heterocycles. The predicted octanol–water partition coefficient (Wildman–Crippen LogP) is 2.22. The second-order valence-electron chi connectivity index (χ2n) is 4.48. The average Bonchev–Trinajstić information content (AvgIpc) is 2.53. The third-order valence-electron chi connectivity index (χ3n) is 3.11. The Balaban J connectivity index is 2.05. The van der Waals surface area contributed by atoms with Crippen LogP contribution in [0.1, 0.15) is 15.9 Å². The number of ether oxygens (including phenoxy) is 2. The topological polar surface area (TPSA) is 73.6 Å². The van der Waals surface area contributed by atoms with E-state index in [2.05, 4.69) is 5.32 Å². The van der Waals surface area contributed by atoms with E-state index in [0.29, 0.717) is 29.3 Å². The Kier molecular flexibility index (Phi) is 4.66. The Labute approximate surface area is 123 Å². The first-order chi connectivity index (χ1) is 10.1. The molecule has 0 heterocycles. The first-order valence-corrected chi connectivity index (χ1v) is 6.48. The largest absolute Gasteiger partial charge is 0.497 e. The SMILES string of the molecule is COc1ccc(CNC(=O)c2ccc(N)cc2)c(OC)c1. The van der Waals surface area contributed by atoms with Crippen LogP contribution in [0.3, 0.4) is 0 Å². The fourth-order valence-electron chi connectivity index (χ4n) is 1.91. The van der Waals surface area contributed by atoms with E-state index >= 15 is 0 Å². The summed E-state index contributed by atoms with van der Waals surface area (Å²) < 4.78 is 10.4. The third-order valence-corrected chi connectivity index (χ3v) is 3.11. The summed E-state index contributed by atoms with van der Waals surface area (Å²) in [6.07, 6.45) is 0. The predicted molar refractivity (Wildman–Crippen MR) is 81.6 cm³/mol. The van der Waals surface area contributed by atoms with Gasteiger partial charge in [0.1, 0.15) is 11.5 Å². The van der Waals surface area contributed by atoms with Gasteiger partial charge in [-0.25, -0.2) is 0 Å². The molecule has 3 N–H and O–H groups in total. The van der Waals surface area contributed by atoms with Crippen LogP contribution in [0.5, 0.6) is 11.5 Å². The van der Waals surface area contributed by atoms with Crippen molar-refractivity contribution in [2.45, 2.75) is 6.54 Å². The van der Waals surface area contributed by atoms with Crippen molar-refractivity contribution < 1.29 is 14.3 Å². The maximum absolute atomic E-state index is 12.0. The minimum atomic E-state index is -0.159. The lowest BCUT2D eigenvalue weighted by atomic mass is 10.1. The minimum absolute atomic E-state index is 0.159. The van der Waals surface area contributed by atoms with Gasteiger partial charge >= 0.3 is 0 Å². The number of hydrogen-bond acceptors (Lipinski definition) is 4. The molecular weight excluding hydrogens is 268 g/mol. The van der Waals surface area contributed by atoms with E-state index < -0.39 is 0 Å². The first-order valence-electron chi connectivity index (χ1n) is 6.48. The number of carbonyl (C=O) groups excluding carboxylic acids is 1. The second-order valence-corrected chi connectivity index (χ2v) is 4.48. The molecule has 0 unspecified atom stereocenters. The summed E-state index contributed by atoms with van der Waals surface area (Å²) >= 11 is 0. The van der Waals surface area contributed by atoms with E-state index in [1.54, 1.807) is 44.6 Å². The zero-order chi connectivity index (χ0) is 15.2. The number of nitrogen functional groups attached to an aromatic ring is 1. The van der Waals surface area contributed by atoms with Crippen molar-refractivity contribution in [2.24, 2.45) is 0 Å². The Morgan fingerprint density at radius 1 is 1.10 bits per heavy atom. The Morgan fingerprint density at radius 2 is 1.81 bits per heavy atom. The number of benzene rings is 2. The molecular formula is C16H18N2O3. The van der Waals surface area contributed by atoms with Gasteiger partial charge in [0.15, 0.2) is 0 Å². The van der Waals surface area contributed by atoms with Crippen molar-refractivity contribution in [1.29, 1.82) is 0 Å². The lowest BCUT2D eigenvalue weighted by molar-refractivity contribution is 0.0950. The van der Waals surface area contributed by atoms with Gasteiger partial charge in [0, 0.05) is 29.4 Å². The Bertz CT molecular complexity index is 624. The van der Waals surface area contributed by atoms with Crippen LogP contribution in [0.15, 0.2) is 42.5 Å². The van der Waals surface area contributed by atoms with Gasteiger partial charge in [-0.2, -0.15) is 0 Å². The molecule has 0 aliphatic heterocycles. The standard InChI is InChI=1S/C16H18N2O3/c1-20-14-8-5-12(15(9-14)21-2)10-18-16(19)11-3-6-13(17)7-4-11/h3-9H,10,17H2,1-2H3,(H,18,19). The van der Waals surface area contributed by atoms with Gasteiger partial charge in [-0.15, -0.1) is 0 Å². The molecule has 0 aliphatic carbocycles. The average molecular weight is 286 g/mol. The number of nitrogens with two attached hydrogens (primary N) is 1. The monoisotopic (exact) mass is 286 g/mol. The maximum Gasteiger partial charge on any atom is 0.251 e. The molecule has 2 aromatic rings. The van der Waals surface area contributed by atoms with Crippen LogP contribution in [-0.2, 0) is 6.54 Å². The van der Waals surface area contributed by atoms with Crippen LogP contribution in [0.4, 0.5) is 5.69 Å². The molecule has 0 fully saturated rings. The van der Waals surface area contributed by atoms with Crippen molar-refractivity contribution in [2.75, 3.05) is 20.0 Å². The van der Waals surface area contributed by atoms with E-state index in [-0.39, 0.29) is 5.91 Å². The molecule has 2 aromatic carbocycles. The van der Waals surface area contributed by atoms with E-state index in [1.807, 2.05) is 12.1 Å². The molecule has 5 heteroatoms. The Morgan fingerprint density at radius 3 is 2.43 bits per heavy atom. The zero-order valence-electron chi connectivity index (χ0n) is 12.1. The number of anilines is 1. The van der Waals surface area contributed by atoms with Gasteiger partial charge in [-0.05, 0) is 36.4 Å². The summed E-state index contributed by atoms with van der Waals surface area (Å²) in [5, 5.41) is 2.85. The molecule has 110 valence electrons. The molecule has 0 saturated carbocycles. The van der Waals surface area contributed by atoms with Crippen molar-refractivity contribution in [3.05, 3.63) is 53.6 Å². The van der Waals surface area contributed by atoms with Gasteiger partial charge < -0.3 is 20.5 Å². The molecule has 0 aromatic heterocycles. The molecule has 21 heavy (non-hydrogen) atoms. The third kappa shape index (κ3) is 3.66. The van der Waals surface area contributed by atoms with Crippen LogP contribution < -0.4 is 20.5 Å². The first kappa shape index (κ1) is 14.7. The molecule has 0 bridgehead atoms. The van der Waals surface area contributed by atoms with E-state index in [1.165, 1.54) is 0 Å². The van der Waals surface area contributed by atoms with Gasteiger partial charge in [0.2, 0.25) is 0 Å². The number of rotatable bonds is 5. The fraction of sp³-hybridized carbons (Fsp3) is 0.188. The lowest BCUT2D eigenvalue weighted by Gasteiger charge is -2.11. The smallest absolute Gasteiger partial charge is 0.251 e. The van der Waals surface area contributed by atoms with Gasteiger partial charge in [-0.3, -0.25) is 4.79 Å². The summed E-state index contributed by atoms with van der Waals surface area (Å²) in [5.74, 6) is 1.22. The molecule has 0 spiro atoms. The zero-order valence-corrected chi connectivity index (χ0v) is 12.1. The molecule has 1 amide bonds. The quantitative estimate of drug-likeness (QED) is 0.827. The molecule has 0 atom stereocenters. The maximum atomic E-state index is 12.0. The second kappa shape index (κ2) is 6.65. The van der Waals surface area contributed by atoms with Crippen LogP contribution in [-0.4, -0.2) is 20.1 Å². The van der Waals surface area contributed by atoms with Crippen molar-refractivity contribution in [3.63, 3.8) is 0 Å². The van der Waals surface area contributed by atoms with Gasteiger partial charge in [-0.1, -0.05) is 0 Å². The van der Waals surface area contributed by atoms with E-state index in [0.717, 1.165) is 5.56 Å². The number of amides is 1. The van der Waals surface area contributed by atoms with Crippen LogP contribution in [0.2, 0.25) is 0 Å². The molecule has 0 radical (unpaired) electrons. The number of carbonyl (C=O) groups is 1. The minimum Gasteiger partial charge on any atom is -0.497 e. The van der Waals surface area contributed by atoms with Gasteiger partial charge in [0.05, 0.1) is 14.2 Å². The summed E-state index contributed by atoms with van der Waals surface area (Å²) in [4.78, 5) is 12.0. The lowest BCUT2D eigenvalue weighted by Crippen LogP contribution is -2.23. The van der Waals surface area contributed by atoms with Crippen molar-refractivity contribution >= 4 is 11.6 Å². The fourth-order valence-corrected chi connectivity index (χ4v) is 1.91. The van der Waals surface area contributed by atoms with Crippen LogP contribution in [0.25, 0.3) is 0 Å². The summed E-state index contributed by atoms with van der Waals surface area (Å²) in [7, 11) is 3.18. The van der Waals surface area contributed by atoms with E-state index in [9.17, 15) is 4.79 Å². The highest BCUT2D eigenvalue weighted by Gasteiger charge is 2.08. The Hall–Kier alpha value is -2.69.